The molecule has 0 saturated carbocycles. The summed E-state index contributed by atoms with van der Waals surface area (Å²) < 4.78 is 38.4. The summed E-state index contributed by atoms with van der Waals surface area (Å²) >= 11 is 0. The monoisotopic (exact) mass is 372 g/mol. The van der Waals surface area contributed by atoms with Gasteiger partial charge in [-0.15, -0.1) is 0 Å². The van der Waals surface area contributed by atoms with Crippen molar-refractivity contribution < 1.29 is 18.0 Å². The molecule has 0 aliphatic heterocycles. The molecule has 0 spiro atoms. The Morgan fingerprint density at radius 1 is 1.00 bits per heavy atom. The van der Waals surface area contributed by atoms with E-state index in [4.69, 9.17) is 0 Å². The van der Waals surface area contributed by atoms with E-state index in [0.717, 1.165) is 17.8 Å². The molecule has 1 heterocycles. The van der Waals surface area contributed by atoms with Gasteiger partial charge in [-0.05, 0) is 30.3 Å². The molecule has 0 fully saturated rings. The number of hydrogen-bond donors (Lipinski definition) is 1. The van der Waals surface area contributed by atoms with Gasteiger partial charge in [0.25, 0.3) is 5.91 Å². The van der Waals surface area contributed by atoms with E-state index in [0.29, 0.717) is 5.82 Å². The second-order valence-electron chi connectivity index (χ2n) is 5.69. The molecule has 138 valence electrons. The molecule has 0 saturated heterocycles. The summed E-state index contributed by atoms with van der Waals surface area (Å²) in [6, 6.07) is 15.3. The Hall–Kier alpha value is -3.42. The molecule has 8 heteroatoms. The number of aromatic nitrogens is 2. The van der Waals surface area contributed by atoms with Crippen LogP contribution in [0.1, 0.15) is 16.1 Å². The lowest BCUT2D eigenvalue weighted by Crippen LogP contribution is -2.17. The smallest absolute Gasteiger partial charge is 0.329 e. The zero-order valence-electron chi connectivity index (χ0n) is 14.2. The van der Waals surface area contributed by atoms with Gasteiger partial charge in [0.1, 0.15) is 17.8 Å². The molecular formula is C19H15F3N4O. The molecule has 0 aliphatic carbocycles. The molecule has 5 nitrogen and oxygen atoms in total. The van der Waals surface area contributed by atoms with Crippen molar-refractivity contribution in [3.8, 4) is 0 Å². The van der Waals surface area contributed by atoms with Crippen molar-refractivity contribution in [2.45, 2.75) is 6.18 Å². The standard InChI is InChI=1S/C19H15F3N4O/c1-26(15-8-3-2-4-9-15)17-11-16(23-12-24-17)18(27)25-14-7-5-6-13(10-14)19(20,21)22/h2-12H,1H3,(H,25,27). The van der Waals surface area contributed by atoms with Gasteiger partial charge in [-0.1, -0.05) is 24.3 Å². The topological polar surface area (TPSA) is 58.1 Å². The Kier molecular flexibility index (Phi) is 5.07. The van der Waals surface area contributed by atoms with Crippen LogP contribution < -0.4 is 10.2 Å². The van der Waals surface area contributed by atoms with Crippen LogP contribution in [0.3, 0.4) is 0 Å². The molecule has 2 aromatic carbocycles. The molecular weight excluding hydrogens is 357 g/mol. The van der Waals surface area contributed by atoms with Crippen LogP contribution >= 0.6 is 0 Å². The molecule has 0 aliphatic rings. The SMILES string of the molecule is CN(c1ccccc1)c1cc(C(=O)Nc2cccc(C(F)(F)F)c2)ncn1. The number of carbonyl (C=O) groups is 1. The first kappa shape index (κ1) is 18.4. The van der Waals surface area contributed by atoms with Crippen molar-refractivity contribution in [2.24, 2.45) is 0 Å². The summed E-state index contributed by atoms with van der Waals surface area (Å²) in [7, 11) is 1.78. The molecule has 3 aromatic rings. The van der Waals surface area contributed by atoms with Crippen LogP contribution in [0.4, 0.5) is 30.4 Å². The van der Waals surface area contributed by atoms with Crippen LogP contribution in [-0.4, -0.2) is 22.9 Å². The average Bonchev–Trinajstić information content (AvgIpc) is 2.68. The highest BCUT2D eigenvalue weighted by atomic mass is 19.4. The Labute approximate surface area is 153 Å². The van der Waals surface area contributed by atoms with E-state index in [-0.39, 0.29) is 11.4 Å². The lowest BCUT2D eigenvalue weighted by molar-refractivity contribution is -0.137. The quantitative estimate of drug-likeness (QED) is 0.732. The van der Waals surface area contributed by atoms with Crippen molar-refractivity contribution in [1.29, 1.82) is 0 Å². The van der Waals surface area contributed by atoms with Crippen molar-refractivity contribution in [3.05, 3.63) is 78.2 Å². The third-order valence-electron chi connectivity index (χ3n) is 3.82. The normalized spacial score (nSPS) is 11.1. The number of halogens is 3. The third kappa shape index (κ3) is 4.41. The Morgan fingerprint density at radius 3 is 2.44 bits per heavy atom. The van der Waals surface area contributed by atoms with Crippen LogP contribution in [0.2, 0.25) is 0 Å². The summed E-state index contributed by atoms with van der Waals surface area (Å²) in [4.78, 5) is 22.2. The van der Waals surface area contributed by atoms with Crippen molar-refractivity contribution >= 4 is 23.1 Å². The molecule has 0 bridgehead atoms. The summed E-state index contributed by atoms with van der Waals surface area (Å²) in [6.07, 6.45) is -3.25. The predicted octanol–water partition coefficient (Wildman–Crippen LogP) is 4.52. The Balaban J connectivity index is 1.80. The summed E-state index contributed by atoms with van der Waals surface area (Å²) in [5.41, 5.74) is 0.0968. The van der Waals surface area contributed by atoms with E-state index in [1.807, 2.05) is 30.3 Å². The lowest BCUT2D eigenvalue weighted by Gasteiger charge is -2.18. The third-order valence-corrected chi connectivity index (χ3v) is 3.82. The van der Waals surface area contributed by atoms with Gasteiger partial charge in [0.15, 0.2) is 0 Å². The first-order chi connectivity index (χ1) is 12.8. The fourth-order valence-corrected chi connectivity index (χ4v) is 2.41. The maximum atomic E-state index is 12.8. The zero-order chi connectivity index (χ0) is 19.4. The minimum absolute atomic E-state index is 0.0337. The van der Waals surface area contributed by atoms with Crippen LogP contribution in [0.5, 0.6) is 0 Å². The van der Waals surface area contributed by atoms with E-state index in [1.165, 1.54) is 24.5 Å². The minimum Gasteiger partial charge on any atom is -0.329 e. The van der Waals surface area contributed by atoms with E-state index in [9.17, 15) is 18.0 Å². The van der Waals surface area contributed by atoms with E-state index < -0.39 is 17.6 Å². The van der Waals surface area contributed by atoms with Gasteiger partial charge in [-0.2, -0.15) is 13.2 Å². The van der Waals surface area contributed by atoms with E-state index in [1.54, 1.807) is 11.9 Å². The first-order valence-corrected chi connectivity index (χ1v) is 7.94. The van der Waals surface area contributed by atoms with Gasteiger partial charge in [0.2, 0.25) is 0 Å². The highest BCUT2D eigenvalue weighted by Gasteiger charge is 2.30. The minimum atomic E-state index is -4.48. The van der Waals surface area contributed by atoms with Gasteiger partial charge in [0.05, 0.1) is 5.56 Å². The Bertz CT molecular complexity index is 945. The maximum absolute atomic E-state index is 12.8. The summed E-state index contributed by atoms with van der Waals surface area (Å²) in [5.74, 6) is -0.148. The van der Waals surface area contributed by atoms with Crippen LogP contribution in [0.15, 0.2) is 67.0 Å². The van der Waals surface area contributed by atoms with Crippen molar-refractivity contribution in [1.82, 2.24) is 9.97 Å². The second kappa shape index (κ2) is 7.45. The molecule has 0 radical (unpaired) electrons. The second-order valence-corrected chi connectivity index (χ2v) is 5.69. The number of benzene rings is 2. The number of rotatable bonds is 4. The number of amides is 1. The van der Waals surface area contributed by atoms with Gasteiger partial charge in [-0.25, -0.2) is 9.97 Å². The summed E-state index contributed by atoms with van der Waals surface area (Å²) in [6.45, 7) is 0. The predicted molar refractivity (Wildman–Crippen MR) is 95.9 cm³/mol. The van der Waals surface area contributed by atoms with E-state index >= 15 is 0 Å². The fraction of sp³-hybridized carbons (Fsp3) is 0.105. The summed E-state index contributed by atoms with van der Waals surface area (Å²) in [5, 5.41) is 2.43. The largest absolute Gasteiger partial charge is 0.416 e. The number of para-hydroxylation sites is 1. The van der Waals surface area contributed by atoms with Crippen molar-refractivity contribution in [3.63, 3.8) is 0 Å². The van der Waals surface area contributed by atoms with Crippen LogP contribution in [0, 0.1) is 0 Å². The molecule has 0 unspecified atom stereocenters. The molecule has 1 amide bonds. The number of anilines is 3. The average molecular weight is 372 g/mol. The molecule has 1 aromatic heterocycles. The van der Waals surface area contributed by atoms with Crippen LogP contribution in [0.25, 0.3) is 0 Å². The van der Waals surface area contributed by atoms with Gasteiger partial charge < -0.3 is 10.2 Å². The highest BCUT2D eigenvalue weighted by molar-refractivity contribution is 6.03. The van der Waals surface area contributed by atoms with E-state index in [2.05, 4.69) is 15.3 Å². The van der Waals surface area contributed by atoms with Crippen LogP contribution in [-0.2, 0) is 6.18 Å². The number of nitrogens with one attached hydrogen (secondary N) is 1. The Morgan fingerprint density at radius 2 is 1.74 bits per heavy atom. The lowest BCUT2D eigenvalue weighted by atomic mass is 10.2. The molecule has 1 N–H and O–H groups in total. The molecule has 0 atom stereocenters. The number of nitrogens with zero attached hydrogens (tertiary/aromatic N) is 3. The van der Waals surface area contributed by atoms with Gasteiger partial charge in [-0.3, -0.25) is 4.79 Å². The van der Waals surface area contributed by atoms with Crippen molar-refractivity contribution in [2.75, 3.05) is 17.3 Å². The van der Waals surface area contributed by atoms with Gasteiger partial charge in [0, 0.05) is 24.5 Å². The number of hydrogen-bond acceptors (Lipinski definition) is 4. The highest BCUT2D eigenvalue weighted by Crippen LogP contribution is 2.30. The molecule has 3 rings (SSSR count). The number of alkyl halides is 3. The zero-order valence-corrected chi connectivity index (χ0v) is 14.2. The molecule has 27 heavy (non-hydrogen) atoms. The first-order valence-electron chi connectivity index (χ1n) is 7.94. The fourth-order valence-electron chi connectivity index (χ4n) is 2.41. The maximum Gasteiger partial charge on any atom is 0.416 e. The van der Waals surface area contributed by atoms with Gasteiger partial charge >= 0.3 is 6.18 Å². The number of carbonyl (C=O) groups excluding carboxylic acids is 1.